The van der Waals surface area contributed by atoms with Crippen LogP contribution in [0.15, 0.2) is 46.6 Å². The minimum atomic E-state index is -1.33. The summed E-state index contributed by atoms with van der Waals surface area (Å²) in [5, 5.41) is 1.46. The van der Waals surface area contributed by atoms with Crippen molar-refractivity contribution < 1.29 is 8.95 Å². The van der Waals surface area contributed by atoms with Gasteiger partial charge in [0.15, 0.2) is 5.17 Å². The van der Waals surface area contributed by atoms with E-state index in [4.69, 9.17) is 10.5 Å². The molecular weight excluding hydrogens is 200 g/mol. The van der Waals surface area contributed by atoms with Gasteiger partial charge < -0.3 is 10.5 Å². The van der Waals surface area contributed by atoms with Crippen molar-refractivity contribution in [3.63, 3.8) is 0 Å². The zero-order valence-corrected chi connectivity index (χ0v) is 8.03. The molecule has 1 aliphatic rings. The molecule has 72 valence electrons. The molecule has 0 amide bonds. The van der Waals surface area contributed by atoms with Crippen LogP contribution in [0.1, 0.15) is 0 Å². The third-order valence-corrected chi connectivity index (χ3v) is 2.52. The Morgan fingerprint density at radius 3 is 2.57 bits per heavy atom. The van der Waals surface area contributed by atoms with Gasteiger partial charge in [0.1, 0.15) is 16.5 Å². The van der Waals surface area contributed by atoms with Gasteiger partial charge in [0.25, 0.3) is 0 Å². The summed E-state index contributed by atoms with van der Waals surface area (Å²) in [4.78, 5) is 3.80. The Morgan fingerprint density at radius 2 is 2.00 bits per heavy atom. The van der Waals surface area contributed by atoms with Gasteiger partial charge in [0.05, 0.1) is 5.41 Å². The number of hydrogen-bond donors (Lipinski definition) is 1. The van der Waals surface area contributed by atoms with E-state index in [1.54, 1.807) is 12.1 Å². The zero-order chi connectivity index (χ0) is 9.97. The summed E-state index contributed by atoms with van der Waals surface area (Å²) in [5.74, 6) is 0.932. The van der Waals surface area contributed by atoms with Gasteiger partial charge >= 0.3 is 0 Å². The van der Waals surface area contributed by atoms with Crippen LogP contribution >= 0.6 is 0 Å². The molecule has 2 rings (SSSR count). The molecule has 14 heavy (non-hydrogen) atoms. The first-order chi connectivity index (χ1) is 6.75. The van der Waals surface area contributed by atoms with E-state index in [1.807, 2.05) is 18.2 Å². The number of para-hydroxylation sites is 1. The number of ether oxygens (including phenoxy) is 1. The van der Waals surface area contributed by atoms with Crippen molar-refractivity contribution in [3.8, 4) is 5.75 Å². The Kier molecular flexibility index (Phi) is 2.32. The van der Waals surface area contributed by atoms with E-state index in [0.717, 1.165) is 0 Å². The van der Waals surface area contributed by atoms with Gasteiger partial charge in [-0.25, -0.2) is 4.21 Å². The van der Waals surface area contributed by atoms with Crippen molar-refractivity contribution in [2.24, 2.45) is 10.7 Å². The monoisotopic (exact) mass is 208 g/mol. The minimum Gasteiger partial charge on any atom is -0.438 e. The Bertz CT molecular complexity index is 426. The summed E-state index contributed by atoms with van der Waals surface area (Å²) < 4.78 is 16.4. The molecule has 1 unspecified atom stereocenters. The maximum atomic E-state index is 11.1. The average Bonchev–Trinajstić information content (AvgIpc) is 2.47. The van der Waals surface area contributed by atoms with Gasteiger partial charge in [0.2, 0.25) is 5.88 Å². The van der Waals surface area contributed by atoms with Gasteiger partial charge in [-0.1, -0.05) is 18.2 Å². The van der Waals surface area contributed by atoms with Gasteiger partial charge in [0, 0.05) is 0 Å². The van der Waals surface area contributed by atoms with E-state index < -0.39 is 10.8 Å². The van der Waals surface area contributed by atoms with Crippen LogP contribution in [0.5, 0.6) is 5.75 Å². The van der Waals surface area contributed by atoms with Crippen LogP contribution in [0.3, 0.4) is 0 Å². The summed E-state index contributed by atoms with van der Waals surface area (Å²) in [6.45, 7) is 0. The summed E-state index contributed by atoms with van der Waals surface area (Å²) in [6, 6.07) is 9.14. The van der Waals surface area contributed by atoms with E-state index in [2.05, 4.69) is 4.99 Å². The summed E-state index contributed by atoms with van der Waals surface area (Å²) in [6.07, 6.45) is 0. The molecule has 1 aliphatic heterocycles. The number of aliphatic imine (C=N–C) groups is 1. The van der Waals surface area contributed by atoms with Crippen molar-refractivity contribution in [3.05, 3.63) is 41.6 Å². The van der Waals surface area contributed by atoms with E-state index in [1.165, 1.54) is 5.41 Å². The van der Waals surface area contributed by atoms with Crippen LogP contribution in [0, 0.1) is 0 Å². The summed E-state index contributed by atoms with van der Waals surface area (Å²) in [7, 11) is -1.33. The zero-order valence-electron chi connectivity index (χ0n) is 7.21. The largest absolute Gasteiger partial charge is 0.438 e. The highest BCUT2D eigenvalue weighted by atomic mass is 32.2. The molecule has 0 bridgehead atoms. The Hall–Kier alpha value is -1.62. The summed E-state index contributed by atoms with van der Waals surface area (Å²) in [5.41, 5.74) is 5.34. The second-order valence-corrected chi connectivity index (χ2v) is 3.87. The van der Waals surface area contributed by atoms with Crippen LogP contribution in [-0.2, 0) is 10.8 Å². The van der Waals surface area contributed by atoms with Gasteiger partial charge in [-0.15, -0.1) is 0 Å². The maximum Gasteiger partial charge on any atom is 0.231 e. The highest BCUT2D eigenvalue weighted by Crippen LogP contribution is 2.16. The molecule has 0 aliphatic carbocycles. The number of benzene rings is 1. The third-order valence-electron chi connectivity index (χ3n) is 1.60. The molecule has 1 atom stereocenters. The van der Waals surface area contributed by atoms with Crippen molar-refractivity contribution in [2.75, 3.05) is 0 Å². The van der Waals surface area contributed by atoms with E-state index in [-0.39, 0.29) is 11.1 Å². The molecule has 0 aromatic heterocycles. The average molecular weight is 208 g/mol. The Morgan fingerprint density at radius 1 is 1.29 bits per heavy atom. The Labute approximate surface area is 83.6 Å². The normalized spacial score (nSPS) is 20.1. The van der Waals surface area contributed by atoms with Gasteiger partial charge in [-0.3, -0.25) is 0 Å². The summed E-state index contributed by atoms with van der Waals surface area (Å²) >= 11 is 0. The maximum absolute atomic E-state index is 11.1. The van der Waals surface area contributed by atoms with E-state index >= 15 is 0 Å². The predicted molar refractivity (Wildman–Crippen MR) is 54.9 cm³/mol. The van der Waals surface area contributed by atoms with Crippen LogP contribution < -0.4 is 10.5 Å². The van der Waals surface area contributed by atoms with Crippen molar-refractivity contribution in [2.45, 2.75) is 0 Å². The number of nitrogens with zero attached hydrogens (tertiary/aromatic N) is 1. The van der Waals surface area contributed by atoms with Crippen molar-refractivity contribution in [1.82, 2.24) is 0 Å². The molecule has 0 spiro atoms. The van der Waals surface area contributed by atoms with Crippen LogP contribution in [0.25, 0.3) is 0 Å². The first kappa shape index (κ1) is 8.96. The molecule has 0 fully saturated rings. The van der Waals surface area contributed by atoms with Crippen molar-refractivity contribution in [1.29, 1.82) is 0 Å². The highest BCUT2D eigenvalue weighted by molar-refractivity contribution is 8.03. The van der Waals surface area contributed by atoms with Crippen molar-refractivity contribution >= 4 is 16.0 Å². The third kappa shape index (κ3) is 1.82. The fraction of sp³-hybridized carbons (Fsp3) is 0. The lowest BCUT2D eigenvalue weighted by molar-refractivity contribution is 0.424. The molecule has 5 heteroatoms. The number of rotatable bonds is 2. The predicted octanol–water partition coefficient (Wildman–Crippen LogP) is 0.941. The number of amidine groups is 1. The lowest BCUT2D eigenvalue weighted by Gasteiger charge is -2.01. The molecule has 1 aromatic carbocycles. The fourth-order valence-electron chi connectivity index (χ4n) is 0.988. The fourth-order valence-corrected chi connectivity index (χ4v) is 1.57. The molecule has 0 saturated heterocycles. The standard InChI is InChI=1S/C9H8N2O2S/c10-9-11-8(6-14(9)12)13-7-4-2-1-3-5-7/h1-6H,(H2,10,11). The topological polar surface area (TPSA) is 64.7 Å². The second kappa shape index (κ2) is 3.63. The minimum absolute atomic E-state index is 0.0796. The molecule has 1 aromatic rings. The lowest BCUT2D eigenvalue weighted by Crippen LogP contribution is -2.12. The number of hydrogen-bond acceptors (Lipinski definition) is 4. The Balaban J connectivity index is 2.15. The quantitative estimate of drug-likeness (QED) is 0.786. The smallest absolute Gasteiger partial charge is 0.231 e. The molecule has 0 radical (unpaired) electrons. The lowest BCUT2D eigenvalue weighted by atomic mass is 10.3. The van der Waals surface area contributed by atoms with Gasteiger partial charge in [-0.2, -0.15) is 4.99 Å². The van der Waals surface area contributed by atoms with Crippen LogP contribution in [0.4, 0.5) is 0 Å². The van der Waals surface area contributed by atoms with Gasteiger partial charge in [-0.05, 0) is 12.1 Å². The first-order valence-electron chi connectivity index (χ1n) is 3.95. The van der Waals surface area contributed by atoms with E-state index in [9.17, 15) is 4.21 Å². The SMILES string of the molecule is NC1=NC(Oc2ccccc2)=CS1=O. The van der Waals surface area contributed by atoms with Crippen LogP contribution in [-0.4, -0.2) is 9.38 Å². The molecule has 1 heterocycles. The first-order valence-corrected chi connectivity index (χ1v) is 5.16. The van der Waals surface area contributed by atoms with E-state index in [0.29, 0.717) is 5.75 Å². The second-order valence-electron chi connectivity index (χ2n) is 2.62. The molecular formula is C9H8N2O2S. The van der Waals surface area contributed by atoms with Crippen LogP contribution in [0.2, 0.25) is 0 Å². The number of nitrogens with two attached hydrogens (primary N) is 1. The molecule has 4 nitrogen and oxygen atoms in total. The molecule has 0 saturated carbocycles. The highest BCUT2D eigenvalue weighted by Gasteiger charge is 2.14. The molecule has 2 N–H and O–H groups in total.